The van der Waals surface area contributed by atoms with Gasteiger partial charge in [-0.25, -0.2) is 4.79 Å². The van der Waals surface area contributed by atoms with Crippen LogP contribution in [-0.2, 0) is 14.3 Å². The molecule has 1 saturated heterocycles. The van der Waals surface area contributed by atoms with Gasteiger partial charge in [-0.2, -0.15) is 0 Å². The Kier molecular flexibility index (Phi) is 3.69. The van der Waals surface area contributed by atoms with Crippen LogP contribution in [-0.4, -0.2) is 37.9 Å². The lowest BCUT2D eigenvalue weighted by atomic mass is 9.97. The molecule has 1 rings (SSSR count). The number of ether oxygens (including phenoxy) is 2. The molecule has 13 heavy (non-hydrogen) atoms. The van der Waals surface area contributed by atoms with Gasteiger partial charge in [0.15, 0.2) is 5.54 Å². The van der Waals surface area contributed by atoms with Crippen LogP contribution in [0.3, 0.4) is 0 Å². The van der Waals surface area contributed by atoms with Crippen molar-refractivity contribution in [3.63, 3.8) is 0 Å². The lowest BCUT2D eigenvalue weighted by Crippen LogP contribution is -2.66. The topological polar surface area (TPSA) is 47.6 Å². The van der Waals surface area contributed by atoms with E-state index in [1.165, 1.54) is 0 Å². The zero-order chi connectivity index (χ0) is 9.73. The van der Waals surface area contributed by atoms with E-state index in [1.54, 1.807) is 0 Å². The summed E-state index contributed by atoms with van der Waals surface area (Å²) in [4.78, 5) is 11.5. The maximum absolute atomic E-state index is 11.5. The van der Waals surface area contributed by atoms with Crippen LogP contribution in [0.2, 0.25) is 0 Å². The molecule has 1 aliphatic rings. The molecule has 0 aromatic rings. The molecule has 0 aliphatic carbocycles. The predicted octanol–water partition coefficient (Wildman–Crippen LogP) is 0.318. The summed E-state index contributed by atoms with van der Waals surface area (Å²) in [7, 11) is 0. The van der Waals surface area contributed by atoms with Gasteiger partial charge in [0.25, 0.3) is 0 Å². The summed E-state index contributed by atoms with van der Waals surface area (Å²) < 4.78 is 10.0. The smallest absolute Gasteiger partial charge is 0.331 e. The lowest BCUT2D eigenvalue weighted by molar-refractivity contribution is -0.172. The zero-order valence-electron chi connectivity index (χ0n) is 8.26. The molecule has 0 aromatic heterocycles. The van der Waals surface area contributed by atoms with Gasteiger partial charge in [0, 0.05) is 0 Å². The first-order chi connectivity index (χ1) is 6.25. The number of hydrogen-bond acceptors (Lipinski definition) is 4. The standard InChI is InChI=1S/C9H17NO3/c1-3-5-10-9(6-12-7-9)8(11)13-4-2/h10H,3-7H2,1-2H3. The van der Waals surface area contributed by atoms with Crippen molar-refractivity contribution in [2.45, 2.75) is 25.8 Å². The van der Waals surface area contributed by atoms with Gasteiger partial charge in [0.05, 0.1) is 19.8 Å². The minimum absolute atomic E-state index is 0.185. The number of carbonyl (C=O) groups is 1. The third kappa shape index (κ3) is 2.19. The number of esters is 1. The average molecular weight is 187 g/mol. The molecule has 0 aromatic carbocycles. The van der Waals surface area contributed by atoms with Crippen LogP contribution >= 0.6 is 0 Å². The van der Waals surface area contributed by atoms with Crippen LogP contribution < -0.4 is 5.32 Å². The Morgan fingerprint density at radius 1 is 1.54 bits per heavy atom. The van der Waals surface area contributed by atoms with Crippen LogP contribution in [0.15, 0.2) is 0 Å². The van der Waals surface area contributed by atoms with E-state index in [0.29, 0.717) is 19.8 Å². The van der Waals surface area contributed by atoms with Gasteiger partial charge in [0.2, 0.25) is 0 Å². The van der Waals surface area contributed by atoms with E-state index in [9.17, 15) is 4.79 Å². The number of carbonyl (C=O) groups excluding carboxylic acids is 1. The monoisotopic (exact) mass is 187 g/mol. The molecule has 0 radical (unpaired) electrons. The first-order valence-electron chi connectivity index (χ1n) is 4.75. The van der Waals surface area contributed by atoms with Crippen molar-refractivity contribution in [3.05, 3.63) is 0 Å². The first-order valence-corrected chi connectivity index (χ1v) is 4.75. The molecular weight excluding hydrogens is 170 g/mol. The second-order valence-corrected chi connectivity index (χ2v) is 3.22. The van der Waals surface area contributed by atoms with Crippen LogP contribution in [0.5, 0.6) is 0 Å². The highest BCUT2D eigenvalue weighted by atomic mass is 16.6. The minimum Gasteiger partial charge on any atom is -0.464 e. The second kappa shape index (κ2) is 4.58. The third-order valence-corrected chi connectivity index (χ3v) is 2.08. The molecule has 0 bridgehead atoms. The molecule has 1 heterocycles. The number of rotatable bonds is 5. The molecule has 0 spiro atoms. The fourth-order valence-corrected chi connectivity index (χ4v) is 1.23. The molecule has 1 N–H and O–H groups in total. The van der Waals surface area contributed by atoms with E-state index < -0.39 is 5.54 Å². The van der Waals surface area contributed by atoms with Crippen LogP contribution in [0.4, 0.5) is 0 Å². The Labute approximate surface area is 78.6 Å². The highest BCUT2D eigenvalue weighted by molar-refractivity contribution is 5.82. The summed E-state index contributed by atoms with van der Waals surface area (Å²) in [5, 5.41) is 3.17. The van der Waals surface area contributed by atoms with Crippen molar-refractivity contribution >= 4 is 5.97 Å². The fourth-order valence-electron chi connectivity index (χ4n) is 1.23. The summed E-state index contributed by atoms with van der Waals surface area (Å²) >= 11 is 0. The quantitative estimate of drug-likeness (QED) is 0.630. The SMILES string of the molecule is CCCNC1(C(=O)OCC)COC1. The van der Waals surface area contributed by atoms with Crippen molar-refractivity contribution in [2.75, 3.05) is 26.4 Å². The van der Waals surface area contributed by atoms with Gasteiger partial charge in [-0.1, -0.05) is 6.92 Å². The van der Waals surface area contributed by atoms with E-state index in [1.807, 2.05) is 6.92 Å². The maximum atomic E-state index is 11.5. The highest BCUT2D eigenvalue weighted by Gasteiger charge is 2.46. The summed E-state index contributed by atoms with van der Waals surface area (Å²) in [5.41, 5.74) is -0.550. The van der Waals surface area contributed by atoms with E-state index in [0.717, 1.165) is 13.0 Å². The van der Waals surface area contributed by atoms with E-state index >= 15 is 0 Å². The highest BCUT2D eigenvalue weighted by Crippen LogP contribution is 2.18. The molecule has 0 unspecified atom stereocenters. The first kappa shape index (κ1) is 10.5. The van der Waals surface area contributed by atoms with Crippen molar-refractivity contribution in [3.8, 4) is 0 Å². The van der Waals surface area contributed by atoms with Crippen molar-refractivity contribution in [2.24, 2.45) is 0 Å². The Morgan fingerprint density at radius 2 is 2.23 bits per heavy atom. The van der Waals surface area contributed by atoms with Gasteiger partial charge in [-0.15, -0.1) is 0 Å². The zero-order valence-corrected chi connectivity index (χ0v) is 8.26. The van der Waals surface area contributed by atoms with Gasteiger partial charge in [-0.05, 0) is 19.9 Å². The van der Waals surface area contributed by atoms with Crippen molar-refractivity contribution < 1.29 is 14.3 Å². The van der Waals surface area contributed by atoms with Gasteiger partial charge < -0.3 is 9.47 Å². The Hall–Kier alpha value is -0.610. The molecule has 1 aliphatic heterocycles. The predicted molar refractivity (Wildman–Crippen MR) is 48.5 cm³/mol. The maximum Gasteiger partial charge on any atom is 0.331 e. The molecular formula is C9H17NO3. The second-order valence-electron chi connectivity index (χ2n) is 3.22. The Bertz CT molecular complexity index is 178. The number of nitrogens with one attached hydrogen (secondary N) is 1. The molecule has 76 valence electrons. The van der Waals surface area contributed by atoms with Crippen molar-refractivity contribution in [1.82, 2.24) is 5.32 Å². The minimum atomic E-state index is -0.550. The van der Waals surface area contributed by atoms with Gasteiger partial charge >= 0.3 is 5.97 Å². The summed E-state index contributed by atoms with van der Waals surface area (Å²) in [6.45, 7) is 5.99. The third-order valence-electron chi connectivity index (χ3n) is 2.08. The van der Waals surface area contributed by atoms with E-state index in [-0.39, 0.29) is 5.97 Å². The van der Waals surface area contributed by atoms with E-state index in [2.05, 4.69) is 12.2 Å². The normalized spacial score (nSPS) is 19.2. The van der Waals surface area contributed by atoms with Crippen molar-refractivity contribution in [1.29, 1.82) is 0 Å². The van der Waals surface area contributed by atoms with Crippen LogP contribution in [0, 0.1) is 0 Å². The Morgan fingerprint density at radius 3 is 2.62 bits per heavy atom. The molecule has 0 amide bonds. The summed E-state index contributed by atoms with van der Waals surface area (Å²) in [5.74, 6) is -0.185. The van der Waals surface area contributed by atoms with Gasteiger partial charge in [-0.3, -0.25) is 5.32 Å². The molecule has 1 fully saturated rings. The average Bonchev–Trinajstić information content (AvgIpc) is 2.03. The van der Waals surface area contributed by atoms with E-state index in [4.69, 9.17) is 9.47 Å². The largest absolute Gasteiger partial charge is 0.464 e. The Balaban J connectivity index is 2.43. The molecule has 0 saturated carbocycles. The molecule has 4 heteroatoms. The van der Waals surface area contributed by atoms with Crippen LogP contribution in [0.25, 0.3) is 0 Å². The van der Waals surface area contributed by atoms with Crippen LogP contribution in [0.1, 0.15) is 20.3 Å². The molecule has 4 nitrogen and oxygen atoms in total. The lowest BCUT2D eigenvalue weighted by Gasteiger charge is -2.39. The van der Waals surface area contributed by atoms with Gasteiger partial charge in [0.1, 0.15) is 0 Å². The summed E-state index contributed by atoms with van der Waals surface area (Å²) in [6.07, 6.45) is 1.00. The molecule has 0 atom stereocenters. The fraction of sp³-hybridized carbons (Fsp3) is 0.889. The summed E-state index contributed by atoms with van der Waals surface area (Å²) in [6, 6.07) is 0. The number of hydrogen-bond donors (Lipinski definition) is 1.